The van der Waals surface area contributed by atoms with Gasteiger partial charge in [0.2, 0.25) is 0 Å². The summed E-state index contributed by atoms with van der Waals surface area (Å²) in [5.41, 5.74) is 6.13. The lowest BCUT2D eigenvalue weighted by Gasteiger charge is -2.20. The quantitative estimate of drug-likeness (QED) is 0.508. The van der Waals surface area contributed by atoms with Crippen molar-refractivity contribution >= 4 is 0 Å². The van der Waals surface area contributed by atoms with Gasteiger partial charge >= 0.3 is 0 Å². The molecular formula is C23H32O2. The highest BCUT2D eigenvalue weighted by Gasteiger charge is 2.19. The van der Waals surface area contributed by atoms with Gasteiger partial charge in [-0.1, -0.05) is 57.4 Å². The van der Waals surface area contributed by atoms with Crippen molar-refractivity contribution in [2.75, 3.05) is 14.2 Å². The summed E-state index contributed by atoms with van der Waals surface area (Å²) in [7, 11) is 3.50. The molecule has 0 amide bonds. The van der Waals surface area contributed by atoms with E-state index in [-0.39, 0.29) is 0 Å². The van der Waals surface area contributed by atoms with Gasteiger partial charge in [-0.3, -0.25) is 0 Å². The van der Waals surface area contributed by atoms with E-state index in [0.29, 0.717) is 5.92 Å². The van der Waals surface area contributed by atoms with Crippen LogP contribution < -0.4 is 9.47 Å². The Kier molecular flexibility index (Phi) is 6.92. The van der Waals surface area contributed by atoms with Gasteiger partial charge in [0.25, 0.3) is 0 Å². The van der Waals surface area contributed by atoms with Crippen molar-refractivity contribution in [3.05, 3.63) is 47.0 Å². The maximum Gasteiger partial charge on any atom is 0.130 e. The van der Waals surface area contributed by atoms with Crippen LogP contribution in [0.5, 0.6) is 11.5 Å². The standard InChI is InChI=1S/C23H32O2/c1-7-8-9-10-18-14-21(24-5)23(22(15-18)25-6)20-13-17(4)11-12-19(20)16(2)3/h11-16H,7-10H2,1-6H3. The van der Waals surface area contributed by atoms with E-state index >= 15 is 0 Å². The van der Waals surface area contributed by atoms with E-state index in [1.165, 1.54) is 41.5 Å². The van der Waals surface area contributed by atoms with Gasteiger partial charge in [-0.05, 0) is 54.5 Å². The number of benzene rings is 2. The molecule has 2 heteroatoms. The molecule has 0 unspecified atom stereocenters. The normalized spacial score (nSPS) is 11.0. The zero-order valence-corrected chi connectivity index (χ0v) is 16.6. The molecular weight excluding hydrogens is 308 g/mol. The zero-order chi connectivity index (χ0) is 18.4. The molecule has 0 radical (unpaired) electrons. The molecule has 2 aromatic carbocycles. The van der Waals surface area contributed by atoms with Crippen molar-refractivity contribution in [1.29, 1.82) is 0 Å². The molecule has 0 atom stereocenters. The van der Waals surface area contributed by atoms with Crippen molar-refractivity contribution in [2.45, 2.75) is 59.3 Å². The summed E-state index contributed by atoms with van der Waals surface area (Å²) in [6.07, 6.45) is 4.74. The van der Waals surface area contributed by atoms with Crippen LogP contribution in [-0.4, -0.2) is 14.2 Å². The average molecular weight is 341 g/mol. The van der Waals surface area contributed by atoms with Crippen molar-refractivity contribution in [2.24, 2.45) is 0 Å². The van der Waals surface area contributed by atoms with Gasteiger partial charge < -0.3 is 9.47 Å². The molecule has 0 aromatic heterocycles. The van der Waals surface area contributed by atoms with E-state index in [9.17, 15) is 0 Å². The molecule has 0 saturated carbocycles. The summed E-state index contributed by atoms with van der Waals surface area (Å²) < 4.78 is 11.6. The van der Waals surface area contributed by atoms with Crippen LogP contribution in [0.1, 0.15) is 62.6 Å². The lowest BCUT2D eigenvalue weighted by Crippen LogP contribution is -2.00. The van der Waals surface area contributed by atoms with E-state index in [1.807, 2.05) is 0 Å². The Balaban J connectivity index is 2.59. The minimum atomic E-state index is 0.439. The van der Waals surface area contributed by atoms with Gasteiger partial charge in [0.1, 0.15) is 11.5 Å². The topological polar surface area (TPSA) is 18.5 Å². The van der Waals surface area contributed by atoms with Crippen LogP contribution in [0, 0.1) is 6.92 Å². The fraction of sp³-hybridized carbons (Fsp3) is 0.478. The Morgan fingerprint density at radius 2 is 1.56 bits per heavy atom. The second-order valence-electron chi connectivity index (χ2n) is 7.08. The molecule has 0 aliphatic heterocycles. The third kappa shape index (κ3) is 4.56. The van der Waals surface area contributed by atoms with Crippen LogP contribution >= 0.6 is 0 Å². The molecule has 0 bridgehead atoms. The smallest absolute Gasteiger partial charge is 0.130 e. The maximum absolute atomic E-state index is 5.78. The van der Waals surface area contributed by atoms with E-state index in [2.05, 4.69) is 58.0 Å². The molecule has 2 rings (SSSR count). The SMILES string of the molecule is CCCCCc1cc(OC)c(-c2cc(C)ccc2C(C)C)c(OC)c1. The van der Waals surface area contributed by atoms with Gasteiger partial charge in [-0.25, -0.2) is 0 Å². The molecule has 0 fully saturated rings. The summed E-state index contributed by atoms with van der Waals surface area (Å²) in [6.45, 7) is 8.82. The molecule has 136 valence electrons. The van der Waals surface area contributed by atoms with Crippen LogP contribution in [0.3, 0.4) is 0 Å². The first-order valence-corrected chi connectivity index (χ1v) is 9.37. The van der Waals surface area contributed by atoms with E-state index in [1.54, 1.807) is 14.2 Å². The number of aryl methyl sites for hydroxylation is 2. The summed E-state index contributed by atoms with van der Waals surface area (Å²) in [6, 6.07) is 11.0. The van der Waals surface area contributed by atoms with Crippen molar-refractivity contribution in [1.82, 2.24) is 0 Å². The Labute approximate surface area is 153 Å². The third-order valence-corrected chi connectivity index (χ3v) is 4.73. The van der Waals surface area contributed by atoms with E-state index in [4.69, 9.17) is 9.47 Å². The maximum atomic E-state index is 5.78. The number of hydrogen-bond donors (Lipinski definition) is 0. The summed E-state index contributed by atoms with van der Waals surface area (Å²) in [5, 5.41) is 0. The van der Waals surface area contributed by atoms with Crippen molar-refractivity contribution < 1.29 is 9.47 Å². The number of hydrogen-bond acceptors (Lipinski definition) is 2. The fourth-order valence-electron chi connectivity index (χ4n) is 3.35. The van der Waals surface area contributed by atoms with Gasteiger partial charge in [0.05, 0.1) is 19.8 Å². The number of methoxy groups -OCH3 is 2. The molecule has 0 N–H and O–H groups in total. The molecule has 0 aliphatic rings. The lowest BCUT2D eigenvalue weighted by molar-refractivity contribution is 0.396. The predicted molar refractivity (Wildman–Crippen MR) is 107 cm³/mol. The Morgan fingerprint density at radius 3 is 2.08 bits per heavy atom. The second kappa shape index (κ2) is 8.94. The van der Waals surface area contributed by atoms with Crippen LogP contribution in [0.25, 0.3) is 11.1 Å². The molecule has 2 aromatic rings. The molecule has 0 heterocycles. The minimum Gasteiger partial charge on any atom is -0.496 e. The largest absolute Gasteiger partial charge is 0.496 e. The monoisotopic (exact) mass is 340 g/mol. The van der Waals surface area contributed by atoms with E-state index in [0.717, 1.165) is 23.5 Å². The van der Waals surface area contributed by atoms with Gasteiger partial charge in [0.15, 0.2) is 0 Å². The zero-order valence-electron chi connectivity index (χ0n) is 16.6. The van der Waals surface area contributed by atoms with Crippen LogP contribution in [-0.2, 0) is 6.42 Å². The molecule has 0 spiro atoms. The number of ether oxygens (including phenoxy) is 2. The highest BCUT2D eigenvalue weighted by atomic mass is 16.5. The Hall–Kier alpha value is -1.96. The summed E-state index contributed by atoms with van der Waals surface area (Å²) >= 11 is 0. The van der Waals surface area contributed by atoms with Crippen LogP contribution in [0.2, 0.25) is 0 Å². The minimum absolute atomic E-state index is 0.439. The lowest BCUT2D eigenvalue weighted by atomic mass is 9.89. The summed E-state index contributed by atoms with van der Waals surface area (Å²) in [5.74, 6) is 2.24. The van der Waals surface area contributed by atoms with Gasteiger partial charge in [0, 0.05) is 0 Å². The van der Waals surface area contributed by atoms with Crippen LogP contribution in [0.4, 0.5) is 0 Å². The first-order chi connectivity index (χ1) is 12.0. The molecule has 25 heavy (non-hydrogen) atoms. The highest BCUT2D eigenvalue weighted by Crippen LogP contribution is 2.43. The molecule has 0 saturated heterocycles. The van der Waals surface area contributed by atoms with Crippen molar-refractivity contribution in [3.8, 4) is 22.6 Å². The predicted octanol–water partition coefficient (Wildman–Crippen LogP) is 6.54. The molecule has 2 nitrogen and oxygen atoms in total. The van der Waals surface area contributed by atoms with Gasteiger partial charge in [-0.15, -0.1) is 0 Å². The Bertz CT molecular complexity index is 676. The second-order valence-corrected chi connectivity index (χ2v) is 7.08. The van der Waals surface area contributed by atoms with E-state index < -0.39 is 0 Å². The average Bonchev–Trinajstić information content (AvgIpc) is 2.60. The summed E-state index contributed by atoms with van der Waals surface area (Å²) in [4.78, 5) is 0. The molecule has 0 aliphatic carbocycles. The first-order valence-electron chi connectivity index (χ1n) is 9.37. The number of unbranched alkanes of at least 4 members (excludes halogenated alkanes) is 2. The highest BCUT2D eigenvalue weighted by molar-refractivity contribution is 5.80. The van der Waals surface area contributed by atoms with Crippen molar-refractivity contribution in [3.63, 3.8) is 0 Å². The third-order valence-electron chi connectivity index (χ3n) is 4.73. The fourth-order valence-corrected chi connectivity index (χ4v) is 3.35. The van der Waals surface area contributed by atoms with Crippen LogP contribution in [0.15, 0.2) is 30.3 Å². The Morgan fingerprint density at radius 1 is 0.920 bits per heavy atom. The first kappa shape index (κ1) is 19.4. The van der Waals surface area contributed by atoms with Gasteiger partial charge in [-0.2, -0.15) is 0 Å². The number of rotatable bonds is 8.